The van der Waals surface area contributed by atoms with Crippen molar-refractivity contribution in [2.24, 2.45) is 0 Å². The number of nitrogen functional groups attached to an aromatic ring is 1. The quantitative estimate of drug-likeness (QED) is 0.669. The largest absolute Gasteiger partial charge is 0.398 e. The summed E-state index contributed by atoms with van der Waals surface area (Å²) in [4.78, 5) is 4.37. The van der Waals surface area contributed by atoms with E-state index in [1.54, 1.807) is 12.3 Å². The number of nitrogens with two attached hydrogens (primary N) is 1. The number of nitrogens with zero attached hydrogens (tertiary/aromatic N) is 1. The highest BCUT2D eigenvalue weighted by Gasteiger charge is 2.05. The highest BCUT2D eigenvalue weighted by Crippen LogP contribution is 2.28. The molecule has 2 aromatic rings. The Hall–Kier alpha value is -1.55. The van der Waals surface area contributed by atoms with E-state index in [9.17, 15) is 0 Å². The number of anilines is 2. The van der Waals surface area contributed by atoms with Crippen molar-refractivity contribution in [2.45, 2.75) is 0 Å². The van der Waals surface area contributed by atoms with Crippen molar-refractivity contribution in [3.63, 3.8) is 0 Å². The van der Waals surface area contributed by atoms with Crippen LogP contribution in [0.2, 0.25) is 0 Å². The smallest absolute Gasteiger partial charge is 0.0954 e. The molecule has 0 saturated carbocycles. The Balaban J connectivity index is 2.59. The van der Waals surface area contributed by atoms with Gasteiger partial charge >= 0.3 is 0 Å². The van der Waals surface area contributed by atoms with E-state index in [-0.39, 0.29) is 0 Å². The Morgan fingerprint density at radius 2 is 2.31 bits per heavy atom. The fourth-order valence-corrected chi connectivity index (χ4v) is 1.87. The molecule has 1 aromatic carbocycles. The summed E-state index contributed by atoms with van der Waals surface area (Å²) in [5.41, 5.74) is 8.49. The van der Waals surface area contributed by atoms with Gasteiger partial charge in [0.05, 0.1) is 11.2 Å². The maximum atomic E-state index is 5.91. The molecule has 1 aromatic heterocycles. The summed E-state index contributed by atoms with van der Waals surface area (Å²) >= 11 is 3.39. The molecule has 0 aliphatic rings. The van der Waals surface area contributed by atoms with Crippen LogP contribution in [0.1, 0.15) is 0 Å². The van der Waals surface area contributed by atoms with Crippen molar-refractivity contribution >= 4 is 38.2 Å². The van der Waals surface area contributed by atoms with Crippen LogP contribution in [0.15, 0.2) is 41.5 Å². The molecule has 0 saturated heterocycles. The second-order valence-corrected chi connectivity index (χ2v) is 4.34. The van der Waals surface area contributed by atoms with E-state index in [0.717, 1.165) is 26.8 Å². The van der Waals surface area contributed by atoms with Crippen LogP contribution in [0.5, 0.6) is 0 Å². The number of nitrogens with one attached hydrogen (secondary N) is 1. The van der Waals surface area contributed by atoms with Gasteiger partial charge in [-0.1, -0.05) is 6.08 Å². The van der Waals surface area contributed by atoms with Crippen molar-refractivity contribution in [1.82, 2.24) is 4.98 Å². The SMILES string of the molecule is C=CCNc1ccc(N)c2cc(Br)cnc12. The van der Waals surface area contributed by atoms with E-state index in [4.69, 9.17) is 5.73 Å². The monoisotopic (exact) mass is 277 g/mol. The van der Waals surface area contributed by atoms with Gasteiger partial charge in [-0.15, -0.1) is 6.58 Å². The fourth-order valence-electron chi connectivity index (χ4n) is 1.54. The minimum atomic E-state index is 0.705. The Bertz CT molecular complexity index is 537. The summed E-state index contributed by atoms with van der Waals surface area (Å²) in [6, 6.07) is 5.78. The minimum Gasteiger partial charge on any atom is -0.398 e. The number of hydrogen-bond donors (Lipinski definition) is 2. The first-order valence-corrected chi connectivity index (χ1v) is 5.70. The van der Waals surface area contributed by atoms with E-state index < -0.39 is 0 Å². The highest BCUT2D eigenvalue weighted by atomic mass is 79.9. The zero-order valence-electron chi connectivity index (χ0n) is 8.70. The van der Waals surface area contributed by atoms with Gasteiger partial charge in [0.25, 0.3) is 0 Å². The van der Waals surface area contributed by atoms with Crippen molar-refractivity contribution in [3.8, 4) is 0 Å². The molecule has 0 fully saturated rings. The molecule has 0 spiro atoms. The number of aromatic nitrogens is 1. The van der Waals surface area contributed by atoms with E-state index in [1.165, 1.54) is 0 Å². The van der Waals surface area contributed by atoms with Gasteiger partial charge in [0, 0.05) is 28.3 Å². The molecular formula is C12H12BrN3. The lowest BCUT2D eigenvalue weighted by Gasteiger charge is -2.09. The first-order valence-electron chi connectivity index (χ1n) is 4.91. The maximum absolute atomic E-state index is 5.91. The van der Waals surface area contributed by atoms with Crippen LogP contribution in [-0.4, -0.2) is 11.5 Å². The molecule has 1 heterocycles. The van der Waals surface area contributed by atoms with Crippen molar-refractivity contribution in [1.29, 1.82) is 0 Å². The molecule has 0 bridgehead atoms. The molecular weight excluding hydrogens is 266 g/mol. The first kappa shape index (κ1) is 11.0. The van der Waals surface area contributed by atoms with Gasteiger partial charge in [-0.2, -0.15) is 0 Å². The number of fused-ring (bicyclic) bond motifs is 1. The molecule has 0 unspecified atom stereocenters. The van der Waals surface area contributed by atoms with Gasteiger partial charge < -0.3 is 11.1 Å². The molecule has 0 aliphatic heterocycles. The molecule has 4 heteroatoms. The van der Waals surface area contributed by atoms with Gasteiger partial charge in [0.15, 0.2) is 0 Å². The van der Waals surface area contributed by atoms with Crippen LogP contribution in [0.3, 0.4) is 0 Å². The van der Waals surface area contributed by atoms with E-state index in [2.05, 4.69) is 32.8 Å². The molecule has 16 heavy (non-hydrogen) atoms. The normalized spacial score (nSPS) is 10.3. The predicted octanol–water partition coefficient (Wildman–Crippen LogP) is 3.18. The summed E-state index contributed by atoms with van der Waals surface area (Å²) in [5.74, 6) is 0. The van der Waals surface area contributed by atoms with Crippen LogP contribution < -0.4 is 11.1 Å². The molecule has 82 valence electrons. The van der Waals surface area contributed by atoms with E-state index in [1.807, 2.05) is 18.2 Å². The van der Waals surface area contributed by atoms with Crippen LogP contribution in [0, 0.1) is 0 Å². The zero-order valence-corrected chi connectivity index (χ0v) is 10.3. The van der Waals surface area contributed by atoms with Crippen LogP contribution in [0.25, 0.3) is 10.9 Å². The van der Waals surface area contributed by atoms with Gasteiger partial charge in [0.2, 0.25) is 0 Å². The lowest BCUT2D eigenvalue weighted by Crippen LogP contribution is -2.00. The lowest BCUT2D eigenvalue weighted by atomic mass is 10.1. The fraction of sp³-hybridized carbons (Fsp3) is 0.0833. The topological polar surface area (TPSA) is 50.9 Å². The zero-order chi connectivity index (χ0) is 11.5. The molecule has 0 radical (unpaired) electrons. The third-order valence-electron chi connectivity index (χ3n) is 2.29. The molecule has 0 atom stereocenters. The van der Waals surface area contributed by atoms with E-state index in [0.29, 0.717) is 6.54 Å². The third kappa shape index (κ3) is 2.02. The second kappa shape index (κ2) is 4.53. The Kier molecular flexibility index (Phi) is 3.10. The highest BCUT2D eigenvalue weighted by molar-refractivity contribution is 9.10. The summed E-state index contributed by atoms with van der Waals surface area (Å²) in [6.45, 7) is 4.38. The van der Waals surface area contributed by atoms with Gasteiger partial charge in [-0.05, 0) is 34.1 Å². The molecule has 2 rings (SSSR count). The molecule has 3 N–H and O–H groups in total. The average Bonchev–Trinajstić information content (AvgIpc) is 2.29. The second-order valence-electron chi connectivity index (χ2n) is 3.42. The van der Waals surface area contributed by atoms with E-state index >= 15 is 0 Å². The van der Waals surface area contributed by atoms with Crippen LogP contribution in [-0.2, 0) is 0 Å². The summed E-state index contributed by atoms with van der Waals surface area (Å²) in [6.07, 6.45) is 3.57. The number of benzene rings is 1. The summed E-state index contributed by atoms with van der Waals surface area (Å²) in [5, 5.41) is 4.18. The molecule has 0 aliphatic carbocycles. The summed E-state index contributed by atoms with van der Waals surface area (Å²) in [7, 11) is 0. The Morgan fingerprint density at radius 1 is 1.50 bits per heavy atom. The van der Waals surface area contributed by atoms with Crippen molar-refractivity contribution in [2.75, 3.05) is 17.6 Å². The van der Waals surface area contributed by atoms with Gasteiger partial charge in [0.1, 0.15) is 0 Å². The maximum Gasteiger partial charge on any atom is 0.0954 e. The number of rotatable bonds is 3. The van der Waals surface area contributed by atoms with Gasteiger partial charge in [-0.25, -0.2) is 0 Å². The number of pyridine rings is 1. The van der Waals surface area contributed by atoms with Crippen LogP contribution in [0.4, 0.5) is 11.4 Å². The average molecular weight is 278 g/mol. The van der Waals surface area contributed by atoms with Crippen molar-refractivity contribution < 1.29 is 0 Å². The third-order valence-corrected chi connectivity index (χ3v) is 2.72. The number of halogens is 1. The number of hydrogen-bond acceptors (Lipinski definition) is 3. The minimum absolute atomic E-state index is 0.705. The van der Waals surface area contributed by atoms with Gasteiger partial charge in [-0.3, -0.25) is 4.98 Å². The molecule has 0 amide bonds. The Morgan fingerprint density at radius 3 is 3.06 bits per heavy atom. The van der Waals surface area contributed by atoms with Crippen LogP contribution >= 0.6 is 15.9 Å². The standard InChI is InChI=1S/C12H12BrN3/c1-2-5-15-11-4-3-10(14)9-6-8(13)7-16-12(9)11/h2-4,6-7,15H,1,5,14H2. The predicted molar refractivity (Wildman–Crippen MR) is 72.5 cm³/mol. The molecule has 3 nitrogen and oxygen atoms in total. The first-order chi connectivity index (χ1) is 7.72. The lowest BCUT2D eigenvalue weighted by molar-refractivity contribution is 1.32. The summed E-state index contributed by atoms with van der Waals surface area (Å²) < 4.78 is 0.924. The Labute approximate surface area is 102 Å². The van der Waals surface area contributed by atoms with Crippen molar-refractivity contribution in [3.05, 3.63) is 41.5 Å².